The van der Waals surface area contributed by atoms with Crippen molar-refractivity contribution in [2.75, 3.05) is 6.54 Å². The van der Waals surface area contributed by atoms with Gasteiger partial charge in [-0.05, 0) is 37.5 Å². The lowest BCUT2D eigenvalue weighted by Crippen LogP contribution is -2.66. The summed E-state index contributed by atoms with van der Waals surface area (Å²) >= 11 is 0. The van der Waals surface area contributed by atoms with Gasteiger partial charge >= 0.3 is 6.03 Å². The van der Waals surface area contributed by atoms with Gasteiger partial charge < -0.3 is 0 Å². The summed E-state index contributed by atoms with van der Waals surface area (Å²) in [6.07, 6.45) is 7.82. The number of nitrogens with zero attached hydrogens (tertiary/aromatic N) is 1. The van der Waals surface area contributed by atoms with Crippen LogP contribution in [-0.4, -0.2) is 29.3 Å². The Balaban J connectivity index is 1.66. The maximum absolute atomic E-state index is 12.6. The molecule has 1 N–H and O–H groups in total. The average molecular weight is 292 g/mol. The first-order valence-corrected chi connectivity index (χ1v) is 8.24. The smallest absolute Gasteiger partial charge is 0.277 e. The maximum Gasteiger partial charge on any atom is 0.330 e. The third-order valence-corrected chi connectivity index (χ3v) is 5.75. The number of carbonyl (C=O) groups excluding carboxylic acids is 3. The van der Waals surface area contributed by atoms with Gasteiger partial charge in [0, 0.05) is 6.54 Å². The summed E-state index contributed by atoms with van der Waals surface area (Å²) in [6, 6.07) is -0.514. The topological polar surface area (TPSA) is 66.5 Å². The van der Waals surface area contributed by atoms with Gasteiger partial charge in [0.25, 0.3) is 0 Å². The van der Waals surface area contributed by atoms with Crippen LogP contribution in [0.25, 0.3) is 0 Å². The van der Waals surface area contributed by atoms with Crippen LogP contribution in [0.4, 0.5) is 4.79 Å². The largest absolute Gasteiger partial charge is 0.330 e. The molecule has 0 unspecified atom stereocenters. The Labute approximate surface area is 125 Å². The fourth-order valence-corrected chi connectivity index (χ4v) is 3.95. The highest BCUT2D eigenvalue weighted by Crippen LogP contribution is 2.45. The Bertz CT molecular complexity index is 462. The number of barbiturate groups is 1. The van der Waals surface area contributed by atoms with Gasteiger partial charge in [0.1, 0.15) is 5.41 Å². The molecule has 0 radical (unpaired) electrons. The molecule has 0 aromatic carbocycles. The molecule has 1 saturated heterocycles. The molecule has 1 heterocycles. The van der Waals surface area contributed by atoms with E-state index in [2.05, 4.69) is 12.2 Å². The molecular formula is C16H24N2O3. The number of hydrogen-bond donors (Lipinski definition) is 1. The Morgan fingerprint density at radius 1 is 1.10 bits per heavy atom. The van der Waals surface area contributed by atoms with E-state index in [1.807, 2.05) is 0 Å². The van der Waals surface area contributed by atoms with Crippen LogP contribution in [-0.2, 0) is 9.59 Å². The number of nitrogens with one attached hydrogen (secondary N) is 1. The Morgan fingerprint density at radius 2 is 1.71 bits per heavy atom. The molecule has 2 saturated carbocycles. The van der Waals surface area contributed by atoms with Crippen molar-refractivity contribution in [3.63, 3.8) is 0 Å². The van der Waals surface area contributed by atoms with Gasteiger partial charge in [-0.1, -0.05) is 32.6 Å². The highest BCUT2D eigenvalue weighted by Gasteiger charge is 2.57. The van der Waals surface area contributed by atoms with Crippen LogP contribution in [0.15, 0.2) is 0 Å². The fraction of sp³-hybridized carbons (Fsp3) is 0.812. The van der Waals surface area contributed by atoms with Gasteiger partial charge in [-0.15, -0.1) is 0 Å². The number of urea groups is 1. The number of rotatable bonds is 3. The summed E-state index contributed by atoms with van der Waals surface area (Å²) < 4.78 is 0. The van der Waals surface area contributed by atoms with Crippen molar-refractivity contribution >= 4 is 17.8 Å². The number of imide groups is 2. The van der Waals surface area contributed by atoms with Crippen LogP contribution in [0.2, 0.25) is 0 Å². The van der Waals surface area contributed by atoms with Gasteiger partial charge in [-0.25, -0.2) is 4.79 Å². The second kappa shape index (κ2) is 5.43. The quantitative estimate of drug-likeness (QED) is 0.812. The van der Waals surface area contributed by atoms with Crippen LogP contribution in [0.5, 0.6) is 0 Å². The molecular weight excluding hydrogens is 268 g/mol. The molecule has 5 heteroatoms. The molecule has 0 aromatic heterocycles. The summed E-state index contributed by atoms with van der Waals surface area (Å²) in [6.45, 7) is 2.70. The second-order valence-corrected chi connectivity index (χ2v) is 6.91. The molecule has 0 atom stereocenters. The van der Waals surface area contributed by atoms with Crippen molar-refractivity contribution < 1.29 is 14.4 Å². The van der Waals surface area contributed by atoms with E-state index < -0.39 is 11.4 Å². The van der Waals surface area contributed by atoms with Crippen molar-refractivity contribution in [2.24, 2.45) is 17.3 Å². The van der Waals surface area contributed by atoms with Gasteiger partial charge in [0.05, 0.1) is 0 Å². The van der Waals surface area contributed by atoms with Crippen LogP contribution >= 0.6 is 0 Å². The summed E-state index contributed by atoms with van der Waals surface area (Å²) in [4.78, 5) is 37.9. The molecule has 3 aliphatic rings. The first kappa shape index (κ1) is 14.5. The Kier molecular flexibility index (Phi) is 3.76. The van der Waals surface area contributed by atoms with Gasteiger partial charge in [-0.3, -0.25) is 19.8 Å². The number of hydrogen-bond acceptors (Lipinski definition) is 3. The predicted octanol–water partition coefficient (Wildman–Crippen LogP) is 2.45. The van der Waals surface area contributed by atoms with E-state index in [0.29, 0.717) is 25.3 Å². The van der Waals surface area contributed by atoms with Crippen LogP contribution in [0.1, 0.15) is 58.3 Å². The molecule has 116 valence electrons. The minimum absolute atomic E-state index is 0.250. The highest BCUT2D eigenvalue weighted by atomic mass is 16.2. The molecule has 2 aliphatic carbocycles. The van der Waals surface area contributed by atoms with E-state index in [1.54, 1.807) is 0 Å². The molecule has 0 bridgehead atoms. The lowest BCUT2D eigenvalue weighted by atomic mass is 9.66. The van der Waals surface area contributed by atoms with Crippen molar-refractivity contribution in [3.8, 4) is 0 Å². The predicted molar refractivity (Wildman–Crippen MR) is 77.3 cm³/mol. The maximum atomic E-state index is 12.6. The van der Waals surface area contributed by atoms with E-state index in [1.165, 1.54) is 24.2 Å². The zero-order valence-electron chi connectivity index (χ0n) is 12.7. The normalized spacial score (nSPS) is 32.0. The molecule has 5 nitrogen and oxygen atoms in total. The van der Waals surface area contributed by atoms with Crippen molar-refractivity contribution in [3.05, 3.63) is 0 Å². The lowest BCUT2D eigenvalue weighted by Gasteiger charge is -2.45. The second-order valence-electron chi connectivity index (χ2n) is 6.91. The molecule has 1 aliphatic heterocycles. The molecule has 1 spiro atoms. The monoisotopic (exact) mass is 292 g/mol. The van der Waals surface area contributed by atoms with Gasteiger partial charge in [-0.2, -0.15) is 0 Å². The first-order valence-electron chi connectivity index (χ1n) is 8.24. The lowest BCUT2D eigenvalue weighted by molar-refractivity contribution is -0.158. The van der Waals surface area contributed by atoms with Gasteiger partial charge in [0.15, 0.2) is 0 Å². The van der Waals surface area contributed by atoms with E-state index in [0.717, 1.165) is 25.2 Å². The molecule has 3 fully saturated rings. The average Bonchev–Trinajstić information content (AvgIpc) is 2.42. The fourth-order valence-electron chi connectivity index (χ4n) is 3.95. The van der Waals surface area contributed by atoms with E-state index in [4.69, 9.17) is 0 Å². The summed E-state index contributed by atoms with van der Waals surface area (Å²) in [5.74, 6) is 0.564. The van der Waals surface area contributed by atoms with Gasteiger partial charge in [0.2, 0.25) is 11.8 Å². The third kappa shape index (κ3) is 2.36. The van der Waals surface area contributed by atoms with E-state index >= 15 is 0 Å². The molecule has 4 amide bonds. The van der Waals surface area contributed by atoms with Crippen molar-refractivity contribution in [2.45, 2.75) is 58.3 Å². The van der Waals surface area contributed by atoms with Crippen molar-refractivity contribution in [1.29, 1.82) is 0 Å². The zero-order valence-corrected chi connectivity index (χ0v) is 12.7. The Morgan fingerprint density at radius 3 is 2.24 bits per heavy atom. The van der Waals surface area contributed by atoms with E-state index in [-0.39, 0.29) is 11.8 Å². The minimum Gasteiger partial charge on any atom is -0.277 e. The molecule has 3 rings (SSSR count). The molecule has 21 heavy (non-hydrogen) atoms. The summed E-state index contributed by atoms with van der Waals surface area (Å²) in [5, 5.41) is 2.39. The standard InChI is InChI=1S/C16H24N2O3/c1-2-11-4-6-12(7-5-11)10-18-14(20)16(8-3-9-16)13(19)17-15(18)21/h11-12H,2-10H2,1H3,(H,17,19,21). The van der Waals surface area contributed by atoms with Crippen LogP contribution in [0, 0.1) is 17.3 Å². The van der Waals surface area contributed by atoms with Crippen LogP contribution < -0.4 is 5.32 Å². The minimum atomic E-state index is -0.922. The summed E-state index contributed by atoms with van der Waals surface area (Å²) in [5.41, 5.74) is -0.922. The van der Waals surface area contributed by atoms with Crippen molar-refractivity contribution in [1.82, 2.24) is 10.2 Å². The van der Waals surface area contributed by atoms with E-state index in [9.17, 15) is 14.4 Å². The number of amides is 4. The first-order chi connectivity index (χ1) is 10.1. The van der Waals surface area contributed by atoms with Crippen LogP contribution in [0.3, 0.4) is 0 Å². The zero-order chi connectivity index (χ0) is 15.0. The summed E-state index contributed by atoms with van der Waals surface area (Å²) in [7, 11) is 0. The SMILES string of the molecule is CCC1CCC(CN2C(=O)NC(=O)C3(CCC3)C2=O)CC1. The number of carbonyl (C=O) groups is 3. The third-order valence-electron chi connectivity index (χ3n) is 5.75. The Hall–Kier alpha value is -1.39. The molecule has 0 aromatic rings. The highest BCUT2D eigenvalue weighted by molar-refractivity contribution is 6.19.